The highest BCUT2D eigenvalue weighted by atomic mass is 19.1. The van der Waals surface area contributed by atoms with Crippen molar-refractivity contribution >= 4 is 11.2 Å². The zero-order valence-corrected chi connectivity index (χ0v) is 8.89. The van der Waals surface area contributed by atoms with Crippen molar-refractivity contribution in [1.29, 1.82) is 0 Å². The van der Waals surface area contributed by atoms with E-state index in [-0.39, 0.29) is 5.82 Å². The van der Waals surface area contributed by atoms with Crippen molar-refractivity contribution < 1.29 is 4.39 Å². The number of aromatic amines is 1. The molecule has 5 heteroatoms. The first kappa shape index (κ1) is 9.89. The summed E-state index contributed by atoms with van der Waals surface area (Å²) >= 11 is 0. The molecule has 0 saturated carbocycles. The van der Waals surface area contributed by atoms with E-state index in [9.17, 15) is 4.39 Å². The molecule has 0 fully saturated rings. The third-order valence-electron chi connectivity index (χ3n) is 2.58. The number of imidazole rings is 1. The van der Waals surface area contributed by atoms with Crippen LogP contribution in [0.15, 0.2) is 36.9 Å². The highest BCUT2D eigenvalue weighted by Gasteiger charge is 2.06. The quantitative estimate of drug-likeness (QED) is 0.730. The van der Waals surface area contributed by atoms with Crippen LogP contribution in [0.5, 0.6) is 0 Å². The van der Waals surface area contributed by atoms with Gasteiger partial charge in [0.1, 0.15) is 17.7 Å². The first-order chi connectivity index (χ1) is 8.33. The van der Waals surface area contributed by atoms with E-state index in [2.05, 4.69) is 19.9 Å². The minimum Gasteiger partial charge on any atom is -0.329 e. The maximum atomic E-state index is 12.8. The van der Waals surface area contributed by atoms with Gasteiger partial charge in [-0.2, -0.15) is 0 Å². The lowest BCUT2D eigenvalue weighted by molar-refractivity contribution is 0.627. The van der Waals surface area contributed by atoms with E-state index < -0.39 is 0 Å². The SMILES string of the molecule is Fc1ccc(Cc2ncnc3[nH]cnc23)cc1. The molecule has 1 N–H and O–H groups in total. The van der Waals surface area contributed by atoms with Gasteiger partial charge in [-0.25, -0.2) is 19.3 Å². The van der Waals surface area contributed by atoms with Crippen LogP contribution in [0.3, 0.4) is 0 Å². The van der Waals surface area contributed by atoms with Gasteiger partial charge in [-0.1, -0.05) is 12.1 Å². The number of nitrogens with zero attached hydrogens (tertiary/aromatic N) is 3. The van der Waals surface area contributed by atoms with E-state index >= 15 is 0 Å². The monoisotopic (exact) mass is 228 g/mol. The summed E-state index contributed by atoms with van der Waals surface area (Å²) in [6.07, 6.45) is 3.71. The Morgan fingerprint density at radius 1 is 1.06 bits per heavy atom. The molecule has 0 aliphatic rings. The summed E-state index contributed by atoms with van der Waals surface area (Å²) in [5.74, 6) is -0.235. The third-order valence-corrected chi connectivity index (χ3v) is 2.58. The fourth-order valence-corrected chi connectivity index (χ4v) is 1.74. The Hall–Kier alpha value is -2.30. The van der Waals surface area contributed by atoms with Crippen LogP contribution in [-0.4, -0.2) is 19.9 Å². The highest BCUT2D eigenvalue weighted by Crippen LogP contribution is 2.14. The molecule has 3 aromatic rings. The predicted octanol–water partition coefficient (Wildman–Crippen LogP) is 2.08. The van der Waals surface area contributed by atoms with E-state index in [0.29, 0.717) is 6.42 Å². The molecule has 0 radical (unpaired) electrons. The number of fused-ring (bicyclic) bond motifs is 1. The van der Waals surface area contributed by atoms with Crippen molar-refractivity contribution in [2.75, 3.05) is 0 Å². The fraction of sp³-hybridized carbons (Fsp3) is 0.0833. The standard InChI is InChI=1S/C12H9FN4/c13-9-3-1-8(2-4-9)5-10-11-12(16-6-14-10)17-7-15-11/h1-4,6-7H,5H2,(H,14,15,16,17). The first-order valence-electron chi connectivity index (χ1n) is 5.20. The van der Waals surface area contributed by atoms with Gasteiger partial charge in [0, 0.05) is 6.42 Å². The molecule has 0 atom stereocenters. The number of nitrogens with one attached hydrogen (secondary N) is 1. The summed E-state index contributed by atoms with van der Waals surface area (Å²) in [6, 6.07) is 6.38. The van der Waals surface area contributed by atoms with Crippen LogP contribution >= 0.6 is 0 Å². The van der Waals surface area contributed by atoms with Gasteiger partial charge in [-0.15, -0.1) is 0 Å². The highest BCUT2D eigenvalue weighted by molar-refractivity contribution is 5.72. The second-order valence-electron chi connectivity index (χ2n) is 3.72. The molecule has 1 aromatic carbocycles. The summed E-state index contributed by atoms with van der Waals surface area (Å²) in [7, 11) is 0. The summed E-state index contributed by atoms with van der Waals surface area (Å²) < 4.78 is 12.8. The molecule has 0 bridgehead atoms. The average molecular weight is 228 g/mol. The molecular weight excluding hydrogens is 219 g/mol. The van der Waals surface area contributed by atoms with Gasteiger partial charge in [0.15, 0.2) is 5.65 Å². The smallest absolute Gasteiger partial charge is 0.160 e. The van der Waals surface area contributed by atoms with Crippen LogP contribution in [0, 0.1) is 5.82 Å². The Bertz CT molecular complexity index is 645. The topological polar surface area (TPSA) is 54.5 Å². The number of H-pyrrole nitrogens is 1. The van der Waals surface area contributed by atoms with Crippen LogP contribution in [0.4, 0.5) is 4.39 Å². The number of rotatable bonds is 2. The molecule has 0 spiro atoms. The first-order valence-corrected chi connectivity index (χ1v) is 5.20. The Kier molecular flexibility index (Phi) is 2.29. The van der Waals surface area contributed by atoms with Crippen molar-refractivity contribution in [1.82, 2.24) is 19.9 Å². The summed E-state index contributed by atoms with van der Waals surface area (Å²) in [5, 5.41) is 0. The van der Waals surface area contributed by atoms with Crippen LogP contribution in [0.1, 0.15) is 11.3 Å². The van der Waals surface area contributed by atoms with E-state index in [1.807, 2.05) is 0 Å². The Balaban J connectivity index is 1.99. The molecule has 0 aliphatic carbocycles. The van der Waals surface area contributed by atoms with Crippen molar-refractivity contribution in [2.24, 2.45) is 0 Å². The van der Waals surface area contributed by atoms with E-state index in [1.54, 1.807) is 18.5 Å². The molecular formula is C12H9FN4. The van der Waals surface area contributed by atoms with Crippen molar-refractivity contribution in [3.63, 3.8) is 0 Å². The lowest BCUT2D eigenvalue weighted by Gasteiger charge is -2.01. The minimum atomic E-state index is -0.235. The molecule has 0 saturated heterocycles. The van der Waals surface area contributed by atoms with Crippen molar-refractivity contribution in [2.45, 2.75) is 6.42 Å². The zero-order chi connectivity index (χ0) is 11.7. The van der Waals surface area contributed by atoms with Gasteiger partial charge < -0.3 is 4.98 Å². The molecule has 0 amide bonds. The van der Waals surface area contributed by atoms with Crippen LogP contribution < -0.4 is 0 Å². The second-order valence-corrected chi connectivity index (χ2v) is 3.72. The number of halogens is 1. The zero-order valence-electron chi connectivity index (χ0n) is 8.89. The Labute approximate surface area is 96.6 Å². The van der Waals surface area contributed by atoms with E-state index in [4.69, 9.17) is 0 Å². The molecule has 4 nitrogen and oxygen atoms in total. The third kappa shape index (κ3) is 1.87. The van der Waals surface area contributed by atoms with Gasteiger partial charge in [0.05, 0.1) is 12.0 Å². The van der Waals surface area contributed by atoms with Gasteiger partial charge in [-0.05, 0) is 17.7 Å². The van der Waals surface area contributed by atoms with Gasteiger partial charge in [0.2, 0.25) is 0 Å². The normalized spacial score (nSPS) is 10.9. The molecule has 17 heavy (non-hydrogen) atoms. The molecule has 2 heterocycles. The van der Waals surface area contributed by atoms with Crippen molar-refractivity contribution in [3.05, 3.63) is 54.0 Å². The molecule has 0 unspecified atom stereocenters. The molecule has 0 aliphatic heterocycles. The Morgan fingerprint density at radius 2 is 1.88 bits per heavy atom. The molecule has 84 valence electrons. The summed E-state index contributed by atoms with van der Waals surface area (Å²) in [6.45, 7) is 0. The van der Waals surface area contributed by atoms with E-state index in [0.717, 1.165) is 22.4 Å². The fourth-order valence-electron chi connectivity index (χ4n) is 1.74. The minimum absolute atomic E-state index is 0.235. The lowest BCUT2D eigenvalue weighted by atomic mass is 10.1. The number of hydrogen-bond donors (Lipinski definition) is 1. The van der Waals surface area contributed by atoms with Crippen molar-refractivity contribution in [3.8, 4) is 0 Å². The number of aromatic nitrogens is 4. The largest absolute Gasteiger partial charge is 0.329 e. The number of hydrogen-bond acceptors (Lipinski definition) is 3. The average Bonchev–Trinajstić information content (AvgIpc) is 2.81. The molecule has 3 rings (SSSR count). The second kappa shape index (κ2) is 3.93. The van der Waals surface area contributed by atoms with Crippen LogP contribution in [0.25, 0.3) is 11.2 Å². The van der Waals surface area contributed by atoms with Gasteiger partial charge in [-0.3, -0.25) is 0 Å². The predicted molar refractivity (Wildman–Crippen MR) is 60.9 cm³/mol. The van der Waals surface area contributed by atoms with E-state index in [1.165, 1.54) is 18.5 Å². The maximum absolute atomic E-state index is 12.8. The lowest BCUT2D eigenvalue weighted by Crippen LogP contribution is -1.95. The van der Waals surface area contributed by atoms with Gasteiger partial charge in [0.25, 0.3) is 0 Å². The summed E-state index contributed by atoms with van der Waals surface area (Å²) in [4.78, 5) is 15.4. The number of benzene rings is 1. The van der Waals surface area contributed by atoms with Gasteiger partial charge >= 0.3 is 0 Å². The van der Waals surface area contributed by atoms with Crippen LogP contribution in [0.2, 0.25) is 0 Å². The Morgan fingerprint density at radius 3 is 2.71 bits per heavy atom. The molecule has 2 aromatic heterocycles. The van der Waals surface area contributed by atoms with Crippen LogP contribution in [-0.2, 0) is 6.42 Å². The summed E-state index contributed by atoms with van der Waals surface area (Å²) in [5.41, 5.74) is 3.31. The maximum Gasteiger partial charge on any atom is 0.160 e.